The lowest BCUT2D eigenvalue weighted by atomic mass is 10.1. The molecule has 0 spiro atoms. The van der Waals surface area contributed by atoms with Crippen LogP contribution < -0.4 is 0 Å². The van der Waals surface area contributed by atoms with Gasteiger partial charge in [0.25, 0.3) is 0 Å². The van der Waals surface area contributed by atoms with Crippen LogP contribution in [0, 0.1) is 0 Å². The molecule has 1 N–H and O–H groups in total. The lowest BCUT2D eigenvalue weighted by Crippen LogP contribution is -1.84. The maximum Gasteiger partial charge on any atom is 0.141 e. The van der Waals surface area contributed by atoms with E-state index in [1.807, 2.05) is 0 Å². The van der Waals surface area contributed by atoms with E-state index in [-0.39, 0.29) is 5.75 Å². The molecule has 0 unspecified atom stereocenters. The van der Waals surface area contributed by atoms with Crippen LogP contribution >= 0.6 is 23.2 Å². The summed E-state index contributed by atoms with van der Waals surface area (Å²) in [6.07, 6.45) is 0. The van der Waals surface area contributed by atoms with Crippen molar-refractivity contribution in [3.63, 3.8) is 0 Å². The molecule has 1 aromatic heterocycles. The van der Waals surface area contributed by atoms with Crippen LogP contribution in [0.15, 0.2) is 36.4 Å². The second-order valence-corrected chi connectivity index (χ2v) is 3.83. The minimum Gasteiger partial charge on any atom is -0.506 e. The minimum atomic E-state index is 0.0988. The summed E-state index contributed by atoms with van der Waals surface area (Å²) >= 11 is 11.5. The van der Waals surface area contributed by atoms with Crippen LogP contribution in [0.25, 0.3) is 11.3 Å². The number of benzene rings is 1. The molecule has 0 aliphatic carbocycles. The molecule has 0 amide bonds. The average Bonchev–Trinajstić information content (AvgIpc) is 2.23. The zero-order chi connectivity index (χ0) is 10.8. The Labute approximate surface area is 97.1 Å². The van der Waals surface area contributed by atoms with Crippen LogP contribution in [0.1, 0.15) is 0 Å². The van der Waals surface area contributed by atoms with Gasteiger partial charge in [0, 0.05) is 10.6 Å². The fourth-order valence-electron chi connectivity index (χ4n) is 1.25. The topological polar surface area (TPSA) is 33.1 Å². The number of aromatic hydroxyl groups is 1. The summed E-state index contributed by atoms with van der Waals surface area (Å²) in [6, 6.07) is 10.1. The van der Waals surface area contributed by atoms with Gasteiger partial charge in [0.2, 0.25) is 0 Å². The number of hydrogen-bond acceptors (Lipinski definition) is 2. The molecule has 0 aliphatic rings. The van der Waals surface area contributed by atoms with Crippen LogP contribution in [0.2, 0.25) is 10.2 Å². The first-order chi connectivity index (χ1) is 7.16. The number of pyridine rings is 1. The fraction of sp³-hybridized carbons (Fsp3) is 0. The van der Waals surface area contributed by atoms with Gasteiger partial charge in [0.05, 0.1) is 0 Å². The Balaban J connectivity index is 2.53. The third kappa shape index (κ3) is 2.22. The molecule has 0 bridgehead atoms. The van der Waals surface area contributed by atoms with E-state index in [0.717, 1.165) is 5.56 Å². The molecule has 1 heterocycles. The highest BCUT2D eigenvalue weighted by atomic mass is 35.5. The normalized spacial score (nSPS) is 10.3. The van der Waals surface area contributed by atoms with Crippen molar-refractivity contribution in [3.8, 4) is 17.0 Å². The Morgan fingerprint density at radius 1 is 0.933 bits per heavy atom. The van der Waals surface area contributed by atoms with E-state index < -0.39 is 0 Å². The van der Waals surface area contributed by atoms with Crippen molar-refractivity contribution in [2.75, 3.05) is 0 Å². The number of rotatable bonds is 1. The average molecular weight is 240 g/mol. The van der Waals surface area contributed by atoms with Crippen LogP contribution in [0.3, 0.4) is 0 Å². The zero-order valence-corrected chi connectivity index (χ0v) is 9.13. The molecule has 0 saturated heterocycles. The predicted molar refractivity (Wildman–Crippen MR) is 61.4 cm³/mol. The first kappa shape index (κ1) is 10.3. The van der Waals surface area contributed by atoms with Crippen molar-refractivity contribution in [3.05, 3.63) is 46.6 Å². The quantitative estimate of drug-likeness (QED) is 0.769. The van der Waals surface area contributed by atoms with Gasteiger partial charge in [-0.05, 0) is 24.3 Å². The molecule has 0 aliphatic heterocycles. The molecule has 2 aromatic rings. The van der Waals surface area contributed by atoms with Crippen LogP contribution in [0.5, 0.6) is 5.75 Å². The van der Waals surface area contributed by atoms with Crippen LogP contribution in [-0.2, 0) is 0 Å². The Bertz CT molecular complexity index is 482. The van der Waals surface area contributed by atoms with Gasteiger partial charge >= 0.3 is 0 Å². The summed E-state index contributed by atoms with van der Waals surface area (Å²) in [6.45, 7) is 0. The van der Waals surface area contributed by atoms with E-state index in [9.17, 15) is 5.11 Å². The highest BCUT2D eigenvalue weighted by Crippen LogP contribution is 2.29. The first-order valence-electron chi connectivity index (χ1n) is 4.28. The largest absolute Gasteiger partial charge is 0.506 e. The molecule has 0 atom stereocenters. The zero-order valence-electron chi connectivity index (χ0n) is 7.61. The molecule has 0 fully saturated rings. The molecule has 2 nitrogen and oxygen atoms in total. The SMILES string of the molecule is Oc1ccc(Cl)nc1-c1ccc(Cl)cc1. The molecule has 0 saturated carbocycles. The van der Waals surface area contributed by atoms with Crippen molar-refractivity contribution in [2.24, 2.45) is 0 Å². The van der Waals surface area contributed by atoms with Gasteiger partial charge in [-0.15, -0.1) is 0 Å². The van der Waals surface area contributed by atoms with Crippen molar-refractivity contribution in [2.45, 2.75) is 0 Å². The van der Waals surface area contributed by atoms with Gasteiger partial charge in [0.1, 0.15) is 16.6 Å². The summed E-state index contributed by atoms with van der Waals surface area (Å²) in [5.74, 6) is 0.0988. The van der Waals surface area contributed by atoms with E-state index >= 15 is 0 Å². The maximum absolute atomic E-state index is 9.60. The Morgan fingerprint density at radius 3 is 2.27 bits per heavy atom. The number of nitrogens with zero attached hydrogens (tertiary/aromatic N) is 1. The third-order valence-electron chi connectivity index (χ3n) is 1.96. The Hall–Kier alpha value is -1.25. The third-order valence-corrected chi connectivity index (χ3v) is 2.42. The predicted octanol–water partition coefficient (Wildman–Crippen LogP) is 3.76. The Kier molecular flexibility index (Phi) is 2.80. The van der Waals surface area contributed by atoms with Crippen molar-refractivity contribution >= 4 is 23.2 Å². The molecule has 1 aromatic carbocycles. The summed E-state index contributed by atoms with van der Waals surface area (Å²) in [5.41, 5.74) is 1.23. The summed E-state index contributed by atoms with van der Waals surface area (Å²) in [4.78, 5) is 4.04. The van der Waals surface area contributed by atoms with E-state index in [2.05, 4.69) is 4.98 Å². The van der Waals surface area contributed by atoms with E-state index in [1.54, 1.807) is 24.3 Å². The fourth-order valence-corrected chi connectivity index (χ4v) is 1.52. The van der Waals surface area contributed by atoms with Gasteiger partial charge in [0.15, 0.2) is 0 Å². The van der Waals surface area contributed by atoms with Crippen molar-refractivity contribution < 1.29 is 5.11 Å². The molecule has 15 heavy (non-hydrogen) atoms. The van der Waals surface area contributed by atoms with E-state index in [4.69, 9.17) is 23.2 Å². The molecule has 4 heteroatoms. The van der Waals surface area contributed by atoms with E-state index in [0.29, 0.717) is 15.9 Å². The second kappa shape index (κ2) is 4.09. The second-order valence-electron chi connectivity index (χ2n) is 3.01. The van der Waals surface area contributed by atoms with Crippen LogP contribution in [0.4, 0.5) is 0 Å². The van der Waals surface area contributed by atoms with Crippen molar-refractivity contribution in [1.29, 1.82) is 0 Å². The number of aromatic nitrogens is 1. The van der Waals surface area contributed by atoms with Crippen molar-refractivity contribution in [1.82, 2.24) is 4.98 Å². The molecular formula is C11H7Cl2NO. The van der Waals surface area contributed by atoms with Gasteiger partial charge < -0.3 is 5.11 Å². The summed E-state index contributed by atoms with van der Waals surface area (Å²) < 4.78 is 0. The lowest BCUT2D eigenvalue weighted by Gasteiger charge is -2.03. The van der Waals surface area contributed by atoms with Gasteiger partial charge in [-0.1, -0.05) is 35.3 Å². The molecule has 2 rings (SSSR count). The van der Waals surface area contributed by atoms with Gasteiger partial charge in [-0.25, -0.2) is 4.98 Å². The van der Waals surface area contributed by atoms with Gasteiger partial charge in [-0.3, -0.25) is 0 Å². The highest BCUT2D eigenvalue weighted by Gasteiger charge is 2.06. The maximum atomic E-state index is 9.60. The summed E-state index contributed by atoms with van der Waals surface area (Å²) in [5, 5.41) is 10.6. The summed E-state index contributed by atoms with van der Waals surface area (Å²) in [7, 11) is 0. The number of halogens is 2. The highest BCUT2D eigenvalue weighted by molar-refractivity contribution is 6.30. The lowest BCUT2D eigenvalue weighted by molar-refractivity contribution is 0.475. The smallest absolute Gasteiger partial charge is 0.141 e. The standard InChI is InChI=1S/C11H7Cl2NO/c12-8-3-1-7(2-4-8)11-9(15)5-6-10(13)14-11/h1-6,15H. The van der Waals surface area contributed by atoms with Gasteiger partial charge in [-0.2, -0.15) is 0 Å². The minimum absolute atomic E-state index is 0.0988. The van der Waals surface area contributed by atoms with E-state index in [1.165, 1.54) is 12.1 Å². The van der Waals surface area contributed by atoms with Crippen LogP contribution in [-0.4, -0.2) is 10.1 Å². The molecule has 76 valence electrons. The molecule has 0 radical (unpaired) electrons. The molecular weight excluding hydrogens is 233 g/mol. The number of hydrogen-bond donors (Lipinski definition) is 1. The first-order valence-corrected chi connectivity index (χ1v) is 5.04. The monoisotopic (exact) mass is 239 g/mol. The Morgan fingerprint density at radius 2 is 1.60 bits per heavy atom.